The van der Waals surface area contributed by atoms with Crippen LogP contribution in [0.5, 0.6) is 0 Å². The van der Waals surface area contributed by atoms with Crippen LogP contribution >= 0.6 is 0 Å². The molecule has 0 fully saturated rings. The Hall–Kier alpha value is -1.39. The SMILES string of the molecule is C[Si](C)(C)C[n+]1ccn2cccc2c1.O=S(=O)([O-])C(F)(F)F. The molecule has 22 heavy (non-hydrogen) atoms. The van der Waals surface area contributed by atoms with Gasteiger partial charge in [0.1, 0.15) is 19.8 Å². The Morgan fingerprint density at radius 2 is 1.82 bits per heavy atom. The van der Waals surface area contributed by atoms with Gasteiger partial charge in [0.15, 0.2) is 22.5 Å². The Labute approximate surface area is 127 Å². The van der Waals surface area contributed by atoms with Crippen molar-refractivity contribution < 1.29 is 30.7 Å². The molecular formula is C12H17F3N2O3SSi. The molecule has 0 unspecified atom stereocenters. The maximum absolute atomic E-state index is 10.7. The van der Waals surface area contributed by atoms with Crippen LogP contribution in [-0.2, 0) is 16.3 Å². The summed E-state index contributed by atoms with van der Waals surface area (Å²) in [5, 5.41) is 0. The van der Waals surface area contributed by atoms with Gasteiger partial charge in [-0.2, -0.15) is 13.2 Å². The van der Waals surface area contributed by atoms with E-state index in [1.807, 2.05) is 0 Å². The molecule has 0 radical (unpaired) electrons. The molecule has 0 aliphatic rings. The minimum atomic E-state index is -6.09. The third-order valence-electron chi connectivity index (χ3n) is 2.47. The lowest BCUT2D eigenvalue weighted by atomic mass is 10.5. The summed E-state index contributed by atoms with van der Waals surface area (Å²) in [5.41, 5.74) is -4.38. The first kappa shape index (κ1) is 18.7. The Balaban J connectivity index is 0.000000261. The van der Waals surface area contributed by atoms with E-state index >= 15 is 0 Å². The van der Waals surface area contributed by atoms with Crippen molar-refractivity contribution in [3.05, 3.63) is 36.9 Å². The van der Waals surface area contributed by atoms with Crippen LogP contribution in [0.25, 0.3) is 5.52 Å². The van der Waals surface area contributed by atoms with E-state index in [9.17, 15) is 13.2 Å². The van der Waals surface area contributed by atoms with Gasteiger partial charge in [0.2, 0.25) is 0 Å². The van der Waals surface area contributed by atoms with E-state index in [-0.39, 0.29) is 0 Å². The van der Waals surface area contributed by atoms with E-state index in [4.69, 9.17) is 13.0 Å². The van der Waals surface area contributed by atoms with Gasteiger partial charge in [-0.3, -0.25) is 0 Å². The molecule has 0 spiro atoms. The quantitative estimate of drug-likeness (QED) is 0.359. The van der Waals surface area contributed by atoms with E-state index in [1.165, 1.54) is 11.7 Å². The molecule has 2 aromatic rings. The zero-order valence-corrected chi connectivity index (χ0v) is 14.1. The van der Waals surface area contributed by atoms with Gasteiger partial charge < -0.3 is 8.95 Å². The Morgan fingerprint density at radius 1 is 1.27 bits per heavy atom. The average molecular weight is 354 g/mol. The van der Waals surface area contributed by atoms with Gasteiger partial charge in [-0.1, -0.05) is 19.6 Å². The first-order valence-corrected chi connectivity index (χ1v) is 11.4. The van der Waals surface area contributed by atoms with Crippen molar-refractivity contribution in [1.82, 2.24) is 4.40 Å². The second-order valence-corrected chi connectivity index (χ2v) is 12.7. The van der Waals surface area contributed by atoms with Crippen molar-refractivity contribution in [2.45, 2.75) is 31.3 Å². The Morgan fingerprint density at radius 3 is 2.27 bits per heavy atom. The van der Waals surface area contributed by atoms with Crippen molar-refractivity contribution in [3.63, 3.8) is 0 Å². The molecule has 0 atom stereocenters. The molecule has 124 valence electrons. The van der Waals surface area contributed by atoms with Crippen molar-refractivity contribution >= 4 is 23.7 Å². The maximum Gasteiger partial charge on any atom is 0.485 e. The normalized spacial score (nSPS) is 12.9. The standard InChI is InChI=1S/C11H17N2Si.CHF3O3S/c1-14(2,3)10-12-7-8-13-6-4-5-11(13)9-12;2-1(3,4)8(5,6)7/h4-9H,10H2,1-3H3;(H,5,6,7)/q+1;/p-1. The highest BCUT2D eigenvalue weighted by Gasteiger charge is 2.36. The molecule has 10 heteroatoms. The minimum Gasteiger partial charge on any atom is -0.741 e. The molecule has 0 bridgehead atoms. The van der Waals surface area contributed by atoms with E-state index in [0.717, 1.165) is 0 Å². The van der Waals surface area contributed by atoms with Gasteiger partial charge in [-0.25, -0.2) is 13.0 Å². The molecule has 0 aliphatic heterocycles. The lowest BCUT2D eigenvalue weighted by molar-refractivity contribution is -0.680. The highest BCUT2D eigenvalue weighted by atomic mass is 32.2. The Bertz CT molecular complexity index is 736. The first-order valence-electron chi connectivity index (χ1n) is 6.27. The van der Waals surface area contributed by atoms with Crippen molar-refractivity contribution in [1.29, 1.82) is 0 Å². The number of rotatable bonds is 2. The number of hydrogen-bond acceptors (Lipinski definition) is 3. The first-order chi connectivity index (χ1) is 9.79. The fraction of sp³-hybridized carbons (Fsp3) is 0.417. The van der Waals surface area contributed by atoms with Crippen LogP contribution in [0.3, 0.4) is 0 Å². The largest absolute Gasteiger partial charge is 0.741 e. The zero-order valence-electron chi connectivity index (χ0n) is 12.3. The molecule has 0 saturated carbocycles. The fourth-order valence-electron chi connectivity index (χ4n) is 1.67. The molecule has 2 aromatic heterocycles. The van der Waals surface area contributed by atoms with Gasteiger partial charge in [-0.15, -0.1) is 0 Å². The molecule has 0 aromatic carbocycles. The van der Waals surface area contributed by atoms with E-state index in [1.54, 1.807) is 0 Å². The summed E-state index contributed by atoms with van der Waals surface area (Å²) in [6.45, 7) is 7.17. The predicted octanol–water partition coefficient (Wildman–Crippen LogP) is 2.16. The summed E-state index contributed by atoms with van der Waals surface area (Å²) < 4.78 is 63.3. The third-order valence-corrected chi connectivity index (χ3v) is 4.35. The van der Waals surface area contributed by atoms with Crippen LogP contribution in [0, 0.1) is 0 Å². The summed E-state index contributed by atoms with van der Waals surface area (Å²) in [7, 11) is -7.10. The number of hydrogen-bond donors (Lipinski definition) is 0. The van der Waals surface area contributed by atoms with E-state index in [2.05, 4.69) is 65.5 Å². The molecular weight excluding hydrogens is 337 g/mol. The van der Waals surface area contributed by atoms with E-state index < -0.39 is 23.7 Å². The number of nitrogens with zero attached hydrogens (tertiary/aromatic N) is 2. The van der Waals surface area contributed by atoms with Gasteiger partial charge in [0.25, 0.3) is 0 Å². The topological polar surface area (TPSA) is 65.5 Å². The van der Waals surface area contributed by atoms with Gasteiger partial charge in [-0.05, 0) is 12.1 Å². The van der Waals surface area contributed by atoms with Crippen LogP contribution in [0.1, 0.15) is 0 Å². The average Bonchev–Trinajstić information content (AvgIpc) is 2.71. The van der Waals surface area contributed by atoms with Crippen LogP contribution in [0.2, 0.25) is 19.6 Å². The number of alkyl halides is 3. The van der Waals surface area contributed by atoms with Crippen LogP contribution in [-0.4, -0.2) is 31.0 Å². The van der Waals surface area contributed by atoms with E-state index in [0.29, 0.717) is 0 Å². The molecule has 0 N–H and O–H groups in total. The summed E-state index contributed by atoms with van der Waals surface area (Å²) in [5.74, 6) is 0. The summed E-state index contributed by atoms with van der Waals surface area (Å²) >= 11 is 0. The van der Waals surface area contributed by atoms with Crippen LogP contribution in [0.15, 0.2) is 36.9 Å². The fourth-order valence-corrected chi connectivity index (χ4v) is 2.96. The molecule has 0 aliphatic carbocycles. The second kappa shape index (κ2) is 6.38. The zero-order chi connectivity index (χ0) is 17.2. The molecule has 2 heterocycles. The second-order valence-electron chi connectivity index (χ2n) is 5.90. The summed E-state index contributed by atoms with van der Waals surface area (Å²) in [6, 6.07) is 4.22. The monoisotopic (exact) mass is 354 g/mol. The molecule has 0 amide bonds. The lowest BCUT2D eigenvalue weighted by Gasteiger charge is -2.10. The van der Waals surface area contributed by atoms with Gasteiger partial charge >= 0.3 is 5.51 Å². The van der Waals surface area contributed by atoms with Gasteiger partial charge in [0.05, 0.1) is 6.20 Å². The maximum atomic E-state index is 10.7. The number of fused-ring (bicyclic) bond motifs is 1. The van der Waals surface area contributed by atoms with Crippen LogP contribution < -0.4 is 4.57 Å². The number of halogens is 3. The van der Waals surface area contributed by atoms with Crippen molar-refractivity contribution in [3.8, 4) is 0 Å². The highest BCUT2D eigenvalue weighted by Crippen LogP contribution is 2.20. The molecule has 0 saturated heterocycles. The smallest absolute Gasteiger partial charge is 0.485 e. The minimum absolute atomic E-state index is 1.01. The van der Waals surface area contributed by atoms with Crippen LogP contribution in [0.4, 0.5) is 13.2 Å². The van der Waals surface area contributed by atoms with Gasteiger partial charge in [0, 0.05) is 6.20 Å². The third kappa shape index (κ3) is 5.77. The summed E-state index contributed by atoms with van der Waals surface area (Å²) in [6.07, 6.45) is 9.77. The Kier molecular flexibility index (Phi) is 5.41. The molecule has 2 rings (SSSR count). The lowest BCUT2D eigenvalue weighted by Crippen LogP contribution is -2.45. The highest BCUT2D eigenvalue weighted by molar-refractivity contribution is 7.86. The number of aromatic nitrogens is 2. The predicted molar refractivity (Wildman–Crippen MR) is 76.7 cm³/mol. The molecule has 5 nitrogen and oxygen atoms in total. The van der Waals surface area contributed by atoms with Crippen molar-refractivity contribution in [2.75, 3.05) is 0 Å². The van der Waals surface area contributed by atoms with Crippen molar-refractivity contribution in [2.24, 2.45) is 0 Å². The summed E-state index contributed by atoms with van der Waals surface area (Å²) in [4.78, 5) is 0.